The highest BCUT2D eigenvalue weighted by Gasteiger charge is 2.21. The molecule has 0 radical (unpaired) electrons. The summed E-state index contributed by atoms with van der Waals surface area (Å²) < 4.78 is 21.3. The van der Waals surface area contributed by atoms with Crippen LogP contribution >= 0.6 is 0 Å². The molecule has 0 N–H and O–H groups in total. The van der Waals surface area contributed by atoms with Crippen LogP contribution in [0.3, 0.4) is 0 Å². The number of methoxy groups -OCH3 is 3. The van der Waals surface area contributed by atoms with E-state index < -0.39 is 12.1 Å². The van der Waals surface area contributed by atoms with E-state index in [1.165, 1.54) is 21.3 Å². The third kappa shape index (κ3) is 5.50. The fourth-order valence-electron chi connectivity index (χ4n) is 3.06. The van der Waals surface area contributed by atoms with Gasteiger partial charge in [0.05, 0.1) is 21.3 Å². The van der Waals surface area contributed by atoms with Crippen molar-refractivity contribution in [2.45, 2.75) is 39.7 Å². The van der Waals surface area contributed by atoms with E-state index >= 15 is 0 Å². The minimum atomic E-state index is -0.845. The Morgan fingerprint density at radius 1 is 0.931 bits per heavy atom. The molecule has 2 aromatic rings. The summed E-state index contributed by atoms with van der Waals surface area (Å²) in [7, 11) is 4.61. The van der Waals surface area contributed by atoms with Crippen molar-refractivity contribution >= 4 is 11.8 Å². The van der Waals surface area contributed by atoms with Crippen LogP contribution in [0.5, 0.6) is 17.2 Å². The Labute approximate surface area is 171 Å². The summed E-state index contributed by atoms with van der Waals surface area (Å²) in [5.74, 6) is 0.897. The normalized spacial score (nSPS) is 11.5. The minimum absolute atomic E-state index is 0.128. The predicted octanol–water partition coefficient (Wildman–Crippen LogP) is 4.08. The lowest BCUT2D eigenvalue weighted by molar-refractivity contribution is -0.146. The van der Waals surface area contributed by atoms with Gasteiger partial charge in [0, 0.05) is 12.0 Å². The maximum Gasteiger partial charge on any atom is 0.306 e. The molecule has 0 aromatic heterocycles. The van der Waals surface area contributed by atoms with E-state index in [0.717, 1.165) is 16.7 Å². The van der Waals surface area contributed by atoms with Crippen LogP contribution in [0.15, 0.2) is 30.3 Å². The third-order valence-electron chi connectivity index (χ3n) is 4.68. The van der Waals surface area contributed by atoms with E-state index in [2.05, 4.69) is 0 Å². The average Bonchev–Trinajstić information content (AvgIpc) is 2.72. The van der Waals surface area contributed by atoms with Crippen LogP contribution in [0.25, 0.3) is 0 Å². The predicted molar refractivity (Wildman–Crippen MR) is 110 cm³/mol. The summed E-state index contributed by atoms with van der Waals surface area (Å²) in [6, 6.07) is 9.23. The van der Waals surface area contributed by atoms with E-state index in [0.29, 0.717) is 29.2 Å². The smallest absolute Gasteiger partial charge is 0.306 e. The van der Waals surface area contributed by atoms with Gasteiger partial charge in [-0.05, 0) is 56.5 Å². The van der Waals surface area contributed by atoms with Crippen LogP contribution < -0.4 is 14.2 Å². The van der Waals surface area contributed by atoms with E-state index in [1.54, 1.807) is 19.1 Å². The third-order valence-corrected chi connectivity index (χ3v) is 4.68. The molecule has 156 valence electrons. The number of benzene rings is 2. The second kappa shape index (κ2) is 9.96. The van der Waals surface area contributed by atoms with Crippen LogP contribution in [0.4, 0.5) is 0 Å². The van der Waals surface area contributed by atoms with Gasteiger partial charge in [-0.25, -0.2) is 0 Å². The molecule has 2 rings (SSSR count). The van der Waals surface area contributed by atoms with E-state index in [9.17, 15) is 9.59 Å². The number of hydrogen-bond donors (Lipinski definition) is 0. The van der Waals surface area contributed by atoms with E-state index in [1.807, 2.05) is 32.0 Å². The zero-order valence-electron chi connectivity index (χ0n) is 17.8. The first-order valence-electron chi connectivity index (χ1n) is 9.40. The molecular weight excluding hydrogens is 372 g/mol. The summed E-state index contributed by atoms with van der Waals surface area (Å²) >= 11 is 0. The molecule has 2 aromatic carbocycles. The van der Waals surface area contributed by atoms with Gasteiger partial charge in [-0.2, -0.15) is 0 Å². The molecule has 6 heteroatoms. The van der Waals surface area contributed by atoms with Crippen molar-refractivity contribution in [2.75, 3.05) is 21.3 Å². The summed E-state index contributed by atoms with van der Waals surface area (Å²) in [6.45, 7) is 5.39. The Morgan fingerprint density at radius 3 is 2.10 bits per heavy atom. The van der Waals surface area contributed by atoms with Crippen molar-refractivity contribution in [1.82, 2.24) is 0 Å². The van der Waals surface area contributed by atoms with Gasteiger partial charge in [-0.1, -0.05) is 17.7 Å². The molecule has 0 aliphatic heterocycles. The Kier molecular flexibility index (Phi) is 7.65. The largest absolute Gasteiger partial charge is 0.493 e. The monoisotopic (exact) mass is 400 g/mol. The number of rotatable bonds is 9. The lowest BCUT2D eigenvalue weighted by Crippen LogP contribution is -2.25. The molecule has 0 heterocycles. The fourth-order valence-corrected chi connectivity index (χ4v) is 3.06. The van der Waals surface area contributed by atoms with Crippen LogP contribution in [0, 0.1) is 13.8 Å². The van der Waals surface area contributed by atoms with Crippen molar-refractivity contribution in [1.29, 1.82) is 0 Å². The summed E-state index contributed by atoms with van der Waals surface area (Å²) in [5.41, 5.74) is 3.26. The number of aryl methyl sites for hydroxylation is 3. The van der Waals surface area contributed by atoms with Crippen molar-refractivity contribution < 1.29 is 28.5 Å². The van der Waals surface area contributed by atoms with Gasteiger partial charge in [-0.15, -0.1) is 0 Å². The first-order chi connectivity index (χ1) is 13.8. The van der Waals surface area contributed by atoms with Crippen molar-refractivity contribution in [3.8, 4) is 17.2 Å². The molecule has 0 spiro atoms. The number of Topliss-reactive ketones (excluding diaryl/α,β-unsaturated/α-hetero) is 1. The summed E-state index contributed by atoms with van der Waals surface area (Å²) in [5, 5.41) is 0. The quantitative estimate of drug-likeness (QED) is 0.467. The summed E-state index contributed by atoms with van der Waals surface area (Å²) in [4.78, 5) is 24.9. The highest BCUT2D eigenvalue weighted by Crippen LogP contribution is 2.38. The van der Waals surface area contributed by atoms with Crippen LogP contribution in [0.1, 0.15) is 40.4 Å². The molecule has 0 fully saturated rings. The number of ether oxygens (including phenoxy) is 4. The Balaban J connectivity index is 2.02. The van der Waals surface area contributed by atoms with Gasteiger partial charge in [-0.3, -0.25) is 9.59 Å². The zero-order valence-corrected chi connectivity index (χ0v) is 17.8. The lowest BCUT2D eigenvalue weighted by Gasteiger charge is -2.15. The SMILES string of the molecule is COc1cc(CCC(=O)O[C@@H](C)C(=O)c2cc(C)ccc2C)cc(OC)c1OC. The maximum atomic E-state index is 12.6. The lowest BCUT2D eigenvalue weighted by atomic mass is 9.99. The Morgan fingerprint density at radius 2 is 1.55 bits per heavy atom. The van der Waals surface area contributed by atoms with Crippen molar-refractivity contribution in [2.24, 2.45) is 0 Å². The Bertz CT molecular complexity index is 862. The maximum absolute atomic E-state index is 12.6. The number of esters is 1. The molecular formula is C23H28O6. The standard InChI is InChI=1S/C23H28O6/c1-14-7-8-15(2)18(11-14)22(25)16(3)29-21(24)10-9-17-12-19(26-4)23(28-6)20(13-17)27-5/h7-8,11-13,16H,9-10H2,1-6H3/t16-/m0/s1. The van der Waals surface area contributed by atoms with Gasteiger partial charge in [0.2, 0.25) is 11.5 Å². The first-order valence-corrected chi connectivity index (χ1v) is 9.40. The molecule has 6 nitrogen and oxygen atoms in total. The van der Waals surface area contributed by atoms with Crippen LogP contribution in [-0.2, 0) is 16.0 Å². The molecule has 0 unspecified atom stereocenters. The first kappa shape index (κ1) is 22.3. The van der Waals surface area contributed by atoms with Crippen molar-refractivity contribution in [3.63, 3.8) is 0 Å². The minimum Gasteiger partial charge on any atom is -0.493 e. The molecule has 0 saturated heterocycles. The highest BCUT2D eigenvalue weighted by atomic mass is 16.5. The zero-order chi connectivity index (χ0) is 21.6. The Hall–Kier alpha value is -3.02. The molecule has 0 saturated carbocycles. The second-order valence-corrected chi connectivity index (χ2v) is 6.85. The van der Waals surface area contributed by atoms with E-state index in [4.69, 9.17) is 18.9 Å². The molecule has 0 bridgehead atoms. The molecule has 29 heavy (non-hydrogen) atoms. The van der Waals surface area contributed by atoms with Crippen LogP contribution in [-0.4, -0.2) is 39.2 Å². The number of carbonyl (C=O) groups excluding carboxylic acids is 2. The fraction of sp³-hybridized carbons (Fsp3) is 0.391. The van der Waals surface area contributed by atoms with Crippen LogP contribution in [0.2, 0.25) is 0 Å². The van der Waals surface area contributed by atoms with Gasteiger partial charge in [0.15, 0.2) is 17.6 Å². The molecule has 1 atom stereocenters. The second-order valence-electron chi connectivity index (χ2n) is 6.85. The molecule has 0 aliphatic carbocycles. The van der Waals surface area contributed by atoms with Gasteiger partial charge >= 0.3 is 5.97 Å². The van der Waals surface area contributed by atoms with Crippen molar-refractivity contribution in [3.05, 3.63) is 52.6 Å². The molecule has 0 aliphatic rings. The highest BCUT2D eigenvalue weighted by molar-refractivity contribution is 6.01. The van der Waals surface area contributed by atoms with Gasteiger partial charge in [0.25, 0.3) is 0 Å². The number of hydrogen-bond acceptors (Lipinski definition) is 6. The number of carbonyl (C=O) groups is 2. The average molecular weight is 400 g/mol. The van der Waals surface area contributed by atoms with Gasteiger partial charge in [0.1, 0.15) is 0 Å². The van der Waals surface area contributed by atoms with E-state index in [-0.39, 0.29) is 12.2 Å². The topological polar surface area (TPSA) is 71.1 Å². The van der Waals surface area contributed by atoms with Gasteiger partial charge < -0.3 is 18.9 Å². The molecule has 0 amide bonds. The summed E-state index contributed by atoms with van der Waals surface area (Å²) in [6.07, 6.45) is -0.300. The number of ketones is 1.